The summed E-state index contributed by atoms with van der Waals surface area (Å²) in [7, 11) is 1.34. The highest BCUT2D eigenvalue weighted by atomic mass is 19.4. The van der Waals surface area contributed by atoms with Crippen LogP contribution in [0.5, 0.6) is 0 Å². The van der Waals surface area contributed by atoms with E-state index in [0.29, 0.717) is 0 Å². The second-order valence-corrected chi connectivity index (χ2v) is 7.42. The van der Waals surface area contributed by atoms with Crippen LogP contribution in [0.25, 0.3) is 0 Å². The van der Waals surface area contributed by atoms with Crippen molar-refractivity contribution in [2.75, 3.05) is 0 Å². The first-order valence-electron chi connectivity index (χ1n) is 9.30. The number of aromatic nitrogens is 2. The molecule has 0 aliphatic heterocycles. The topological polar surface area (TPSA) is 67.2 Å². The number of halogens is 3. The number of hydrogen-bond donors (Lipinski definition) is 2. The predicted octanol–water partition coefficient (Wildman–Crippen LogP) is 3.32. The van der Waals surface area contributed by atoms with E-state index in [0.717, 1.165) is 42.0 Å². The molecule has 1 amide bonds. The quantitative estimate of drug-likeness (QED) is 0.816. The van der Waals surface area contributed by atoms with Gasteiger partial charge < -0.3 is 15.0 Å². The van der Waals surface area contributed by atoms with E-state index in [-0.39, 0.29) is 0 Å². The van der Waals surface area contributed by atoms with E-state index in [1.165, 1.54) is 24.4 Å². The third-order valence-corrected chi connectivity index (χ3v) is 5.33. The second-order valence-electron chi connectivity index (χ2n) is 7.42. The zero-order valence-corrected chi connectivity index (χ0v) is 15.9. The number of imidazole rings is 1. The third kappa shape index (κ3) is 3.92. The SMILES string of the molecule is C[C@@H](NC(=O)C[C@](O)(c1nccn1C)C(F)(F)F)c1ccc2c(c1)CCCC2. The van der Waals surface area contributed by atoms with Crippen molar-refractivity contribution in [2.45, 2.75) is 56.8 Å². The molecule has 2 N–H and O–H groups in total. The number of aliphatic hydroxyl groups is 1. The van der Waals surface area contributed by atoms with Gasteiger partial charge in [-0.25, -0.2) is 4.98 Å². The van der Waals surface area contributed by atoms with Crippen LogP contribution in [0.4, 0.5) is 13.2 Å². The van der Waals surface area contributed by atoms with Crippen molar-refractivity contribution in [3.63, 3.8) is 0 Å². The monoisotopic (exact) mass is 395 g/mol. The van der Waals surface area contributed by atoms with E-state index >= 15 is 0 Å². The molecular weight excluding hydrogens is 371 g/mol. The summed E-state index contributed by atoms with van der Waals surface area (Å²) in [6.07, 6.45) is 0.505. The Balaban J connectivity index is 1.75. The van der Waals surface area contributed by atoms with Gasteiger partial charge in [0.1, 0.15) is 0 Å². The summed E-state index contributed by atoms with van der Waals surface area (Å²) < 4.78 is 41.8. The summed E-state index contributed by atoms with van der Waals surface area (Å²) in [5.74, 6) is -1.51. The number of aryl methyl sites for hydroxylation is 3. The summed E-state index contributed by atoms with van der Waals surface area (Å²) in [5, 5.41) is 12.9. The van der Waals surface area contributed by atoms with Gasteiger partial charge in [-0.2, -0.15) is 13.2 Å². The molecule has 8 heteroatoms. The maximum Gasteiger partial charge on any atom is 0.425 e. The maximum atomic E-state index is 13.6. The standard InChI is InChI=1S/C20H24F3N3O2/c1-13(15-8-7-14-5-3-4-6-16(14)11-15)25-17(27)12-19(28,20(21,22)23)18-24-9-10-26(18)2/h7-11,13,28H,3-6,12H2,1-2H3,(H,25,27)/t13-,19+/m1/s1. The fraction of sp³-hybridized carbons (Fsp3) is 0.500. The molecule has 2 aromatic rings. The van der Waals surface area contributed by atoms with E-state index in [1.807, 2.05) is 18.2 Å². The number of amides is 1. The molecule has 0 fully saturated rings. The van der Waals surface area contributed by atoms with Crippen molar-refractivity contribution in [2.24, 2.45) is 7.05 Å². The Morgan fingerprint density at radius 3 is 2.57 bits per heavy atom. The van der Waals surface area contributed by atoms with E-state index in [9.17, 15) is 23.1 Å². The second kappa shape index (κ2) is 7.58. The minimum absolute atomic E-state index is 0.474. The van der Waals surface area contributed by atoms with Gasteiger partial charge in [0, 0.05) is 19.4 Å². The zero-order chi connectivity index (χ0) is 20.5. The van der Waals surface area contributed by atoms with Crippen LogP contribution in [-0.2, 0) is 30.3 Å². The van der Waals surface area contributed by atoms with Gasteiger partial charge in [0.15, 0.2) is 5.82 Å². The lowest BCUT2D eigenvalue weighted by atomic mass is 9.89. The van der Waals surface area contributed by atoms with Crippen LogP contribution in [0.2, 0.25) is 0 Å². The Morgan fingerprint density at radius 2 is 1.96 bits per heavy atom. The fourth-order valence-electron chi connectivity index (χ4n) is 3.70. The first-order chi connectivity index (χ1) is 13.1. The Kier molecular flexibility index (Phi) is 5.52. The number of rotatable bonds is 5. The normalized spacial score (nSPS) is 17.5. The fourth-order valence-corrected chi connectivity index (χ4v) is 3.70. The average molecular weight is 395 g/mol. The molecule has 1 aromatic heterocycles. The minimum atomic E-state index is -5.04. The van der Waals surface area contributed by atoms with Gasteiger partial charge >= 0.3 is 6.18 Å². The minimum Gasteiger partial charge on any atom is -0.374 e. The summed E-state index contributed by atoms with van der Waals surface area (Å²) in [6.45, 7) is 1.72. The van der Waals surface area contributed by atoms with Gasteiger partial charge in [0.2, 0.25) is 11.5 Å². The van der Waals surface area contributed by atoms with Crippen LogP contribution in [0.3, 0.4) is 0 Å². The molecule has 5 nitrogen and oxygen atoms in total. The number of carbonyl (C=O) groups excluding carboxylic acids is 1. The van der Waals surface area contributed by atoms with E-state index in [2.05, 4.69) is 10.3 Å². The smallest absolute Gasteiger partial charge is 0.374 e. The first kappa shape index (κ1) is 20.4. The molecule has 0 saturated carbocycles. The molecule has 1 aromatic carbocycles. The third-order valence-electron chi connectivity index (χ3n) is 5.33. The highest BCUT2D eigenvalue weighted by Crippen LogP contribution is 2.40. The number of benzene rings is 1. The lowest BCUT2D eigenvalue weighted by Crippen LogP contribution is -2.48. The zero-order valence-electron chi connectivity index (χ0n) is 15.9. The number of fused-ring (bicyclic) bond motifs is 1. The van der Waals surface area contributed by atoms with Gasteiger partial charge in [-0.05, 0) is 49.3 Å². The van der Waals surface area contributed by atoms with Crippen LogP contribution in [0.1, 0.15) is 54.7 Å². The number of hydrogen-bond acceptors (Lipinski definition) is 3. The number of nitrogens with one attached hydrogen (secondary N) is 1. The predicted molar refractivity (Wildman–Crippen MR) is 97.4 cm³/mol. The van der Waals surface area contributed by atoms with Crippen molar-refractivity contribution in [1.82, 2.24) is 14.9 Å². The summed E-state index contributed by atoms with van der Waals surface area (Å²) in [6, 6.07) is 5.45. The molecule has 0 bridgehead atoms. The number of carbonyl (C=O) groups is 1. The molecule has 0 unspecified atom stereocenters. The van der Waals surface area contributed by atoms with Crippen molar-refractivity contribution >= 4 is 5.91 Å². The molecule has 2 atom stereocenters. The average Bonchev–Trinajstić information content (AvgIpc) is 3.06. The maximum absolute atomic E-state index is 13.6. The number of nitrogens with zero attached hydrogens (tertiary/aromatic N) is 2. The van der Waals surface area contributed by atoms with Crippen LogP contribution in [0, 0.1) is 0 Å². The Labute approximate surface area is 161 Å². The van der Waals surface area contributed by atoms with E-state index < -0.39 is 36.0 Å². The molecule has 3 rings (SSSR count). The van der Waals surface area contributed by atoms with Crippen molar-refractivity contribution in [3.05, 3.63) is 53.1 Å². The first-order valence-corrected chi connectivity index (χ1v) is 9.30. The van der Waals surface area contributed by atoms with Crippen LogP contribution >= 0.6 is 0 Å². The van der Waals surface area contributed by atoms with Gasteiger partial charge in [0.05, 0.1) is 12.5 Å². The largest absolute Gasteiger partial charge is 0.425 e. The Hall–Kier alpha value is -2.35. The lowest BCUT2D eigenvalue weighted by molar-refractivity contribution is -0.271. The number of alkyl halides is 3. The van der Waals surface area contributed by atoms with Crippen molar-refractivity contribution in [3.8, 4) is 0 Å². The summed E-state index contributed by atoms with van der Waals surface area (Å²) >= 11 is 0. The van der Waals surface area contributed by atoms with Crippen LogP contribution < -0.4 is 5.32 Å². The van der Waals surface area contributed by atoms with E-state index in [4.69, 9.17) is 0 Å². The summed E-state index contributed by atoms with van der Waals surface area (Å²) in [5.41, 5.74) is -0.00814. The Bertz CT molecular complexity index is 863. The molecule has 1 heterocycles. The molecule has 152 valence electrons. The molecule has 0 saturated heterocycles. The molecule has 1 aliphatic carbocycles. The molecular formula is C20H24F3N3O2. The van der Waals surface area contributed by atoms with Crippen LogP contribution in [0.15, 0.2) is 30.6 Å². The van der Waals surface area contributed by atoms with E-state index in [1.54, 1.807) is 6.92 Å². The van der Waals surface area contributed by atoms with Gasteiger partial charge in [-0.1, -0.05) is 18.2 Å². The Morgan fingerprint density at radius 1 is 1.29 bits per heavy atom. The molecule has 0 radical (unpaired) electrons. The van der Waals surface area contributed by atoms with Crippen molar-refractivity contribution < 1.29 is 23.1 Å². The molecule has 1 aliphatic rings. The van der Waals surface area contributed by atoms with Gasteiger partial charge in [0.25, 0.3) is 0 Å². The lowest BCUT2D eigenvalue weighted by Gasteiger charge is -2.30. The van der Waals surface area contributed by atoms with Gasteiger partial charge in [-0.15, -0.1) is 0 Å². The van der Waals surface area contributed by atoms with Gasteiger partial charge in [-0.3, -0.25) is 4.79 Å². The summed E-state index contributed by atoms with van der Waals surface area (Å²) in [4.78, 5) is 16.0. The van der Waals surface area contributed by atoms with Crippen LogP contribution in [-0.4, -0.2) is 26.7 Å². The molecule has 28 heavy (non-hydrogen) atoms. The highest BCUT2D eigenvalue weighted by molar-refractivity contribution is 5.77. The highest BCUT2D eigenvalue weighted by Gasteiger charge is 2.58. The van der Waals surface area contributed by atoms with Crippen molar-refractivity contribution in [1.29, 1.82) is 0 Å². The molecule has 0 spiro atoms.